The minimum Gasteiger partial charge on any atom is -0.323 e. The van der Waals surface area contributed by atoms with Crippen LogP contribution in [0.4, 0.5) is 4.79 Å². The van der Waals surface area contributed by atoms with Crippen LogP contribution in [0.1, 0.15) is 65.0 Å². The van der Waals surface area contributed by atoms with Crippen LogP contribution in [0.2, 0.25) is 0 Å². The molecule has 3 aliphatic carbocycles. The van der Waals surface area contributed by atoms with Crippen molar-refractivity contribution >= 4 is 11.9 Å². The quantitative estimate of drug-likeness (QED) is 0.457. The summed E-state index contributed by atoms with van der Waals surface area (Å²) in [5, 5.41) is 3.18. The zero-order valence-electron chi connectivity index (χ0n) is 21.1. The van der Waals surface area contributed by atoms with Gasteiger partial charge >= 0.3 is 6.03 Å². The molecule has 1 aromatic rings. The van der Waals surface area contributed by atoms with Gasteiger partial charge in [0, 0.05) is 31.4 Å². The fraction of sp³-hybridized carbons (Fsp3) is 0.679. The van der Waals surface area contributed by atoms with Crippen LogP contribution in [0.15, 0.2) is 36.0 Å². The van der Waals surface area contributed by atoms with E-state index in [-0.39, 0.29) is 17.9 Å². The summed E-state index contributed by atoms with van der Waals surface area (Å²) in [7, 11) is 0. The molecule has 1 N–H and O–H groups in total. The molecule has 6 rings (SSSR count). The highest BCUT2D eigenvalue weighted by molar-refractivity contribution is 6.07. The topological polar surface area (TPSA) is 65.5 Å². The standard InChI is InChI=1S/C28H40N4O2/c1-4-13-28(25(33)32(26(34)30-28)17-12-23-7-5-6-14-29-23)21-10-15-31(16-11-21)19-20-8-9-22-18-24(20)27(22,2)3/h5-8,14,21-22,24H,4,9-13,15-19H2,1-3H3,(H,30,34)/t22-,24-,28-/m0/s1. The SMILES string of the molecule is CCC[C@@]1(C2CCN(CC3=CC[C@H]4C[C@@H]3C4(C)C)CC2)NC(=O)N(CCc2ccccn2)C1=O. The van der Waals surface area contributed by atoms with Gasteiger partial charge in [0.2, 0.25) is 0 Å². The number of piperidine rings is 1. The molecule has 2 aliphatic heterocycles. The molecule has 3 fully saturated rings. The molecule has 0 unspecified atom stereocenters. The van der Waals surface area contributed by atoms with Gasteiger partial charge < -0.3 is 5.32 Å². The Balaban J connectivity index is 1.22. The molecule has 3 heterocycles. The Labute approximate surface area is 204 Å². The molecule has 2 saturated heterocycles. The fourth-order valence-corrected chi connectivity index (χ4v) is 7.16. The molecule has 6 heteroatoms. The molecule has 2 bridgehead atoms. The number of imide groups is 1. The van der Waals surface area contributed by atoms with Gasteiger partial charge in [-0.3, -0.25) is 19.6 Å². The molecule has 6 nitrogen and oxygen atoms in total. The van der Waals surface area contributed by atoms with Crippen molar-refractivity contribution in [1.82, 2.24) is 20.1 Å². The van der Waals surface area contributed by atoms with Crippen LogP contribution in [0.5, 0.6) is 0 Å². The second-order valence-electron chi connectivity index (χ2n) is 11.6. The molecule has 0 aromatic carbocycles. The molecular weight excluding hydrogens is 424 g/mol. The van der Waals surface area contributed by atoms with Crippen LogP contribution in [-0.2, 0) is 11.2 Å². The Kier molecular flexibility index (Phi) is 6.30. The summed E-state index contributed by atoms with van der Waals surface area (Å²) < 4.78 is 0. The highest BCUT2D eigenvalue weighted by Crippen LogP contribution is 2.59. The number of nitrogens with one attached hydrogen (secondary N) is 1. The number of hydrogen-bond acceptors (Lipinski definition) is 4. The first-order chi connectivity index (χ1) is 16.3. The van der Waals surface area contributed by atoms with Gasteiger partial charge in [-0.25, -0.2) is 4.79 Å². The monoisotopic (exact) mass is 464 g/mol. The van der Waals surface area contributed by atoms with Gasteiger partial charge in [-0.2, -0.15) is 0 Å². The number of fused-ring (bicyclic) bond motifs is 1. The molecule has 184 valence electrons. The summed E-state index contributed by atoms with van der Waals surface area (Å²) in [6.07, 6.45) is 11.0. The molecular formula is C28H40N4O2. The minimum absolute atomic E-state index is 0.0222. The Morgan fingerprint density at radius 1 is 1.15 bits per heavy atom. The van der Waals surface area contributed by atoms with E-state index >= 15 is 0 Å². The molecule has 0 radical (unpaired) electrons. The molecule has 3 amide bonds. The van der Waals surface area contributed by atoms with Crippen LogP contribution in [-0.4, -0.2) is 58.4 Å². The lowest BCUT2D eigenvalue weighted by molar-refractivity contribution is -0.134. The number of hydrogen-bond donors (Lipinski definition) is 1. The van der Waals surface area contributed by atoms with Crippen LogP contribution in [0, 0.1) is 23.2 Å². The Hall–Kier alpha value is -2.21. The highest BCUT2D eigenvalue weighted by atomic mass is 16.2. The smallest absolute Gasteiger partial charge is 0.323 e. The maximum Gasteiger partial charge on any atom is 0.325 e. The second kappa shape index (κ2) is 9.10. The van der Waals surface area contributed by atoms with E-state index in [4.69, 9.17) is 0 Å². The molecule has 34 heavy (non-hydrogen) atoms. The number of likely N-dealkylation sites (tertiary alicyclic amines) is 1. The number of carbonyl (C=O) groups excluding carboxylic acids is 2. The fourth-order valence-electron chi connectivity index (χ4n) is 7.16. The van der Waals surface area contributed by atoms with Crippen molar-refractivity contribution in [2.45, 2.75) is 71.3 Å². The van der Waals surface area contributed by atoms with Crippen molar-refractivity contribution in [3.05, 3.63) is 41.7 Å². The third-order valence-corrected chi connectivity index (χ3v) is 9.44. The van der Waals surface area contributed by atoms with Crippen molar-refractivity contribution in [3.63, 3.8) is 0 Å². The van der Waals surface area contributed by atoms with Crippen LogP contribution >= 0.6 is 0 Å². The van der Waals surface area contributed by atoms with E-state index in [1.54, 1.807) is 11.8 Å². The first-order valence-electron chi connectivity index (χ1n) is 13.3. The Morgan fingerprint density at radius 3 is 2.59 bits per heavy atom. The maximum absolute atomic E-state index is 13.7. The first-order valence-corrected chi connectivity index (χ1v) is 13.3. The normalized spacial score (nSPS) is 31.3. The van der Waals surface area contributed by atoms with E-state index in [9.17, 15) is 9.59 Å². The zero-order chi connectivity index (χ0) is 23.9. The Bertz CT molecular complexity index is 950. The number of aromatic nitrogens is 1. The van der Waals surface area contributed by atoms with Crippen molar-refractivity contribution < 1.29 is 9.59 Å². The number of carbonyl (C=O) groups is 2. The van der Waals surface area contributed by atoms with E-state index in [0.717, 1.165) is 56.4 Å². The number of allylic oxidation sites excluding steroid dienone is 1. The predicted molar refractivity (Wildman–Crippen MR) is 133 cm³/mol. The summed E-state index contributed by atoms with van der Waals surface area (Å²) in [5.41, 5.74) is 2.27. The predicted octanol–water partition coefficient (Wildman–Crippen LogP) is 4.42. The largest absolute Gasteiger partial charge is 0.325 e. The second-order valence-corrected chi connectivity index (χ2v) is 11.6. The van der Waals surface area contributed by atoms with E-state index in [0.29, 0.717) is 24.8 Å². The number of pyridine rings is 1. The number of nitrogens with zero attached hydrogens (tertiary/aromatic N) is 3. The third kappa shape index (κ3) is 3.98. The van der Waals surface area contributed by atoms with E-state index < -0.39 is 5.54 Å². The number of urea groups is 1. The molecule has 1 saturated carbocycles. The van der Waals surface area contributed by atoms with Gasteiger partial charge in [-0.05, 0) is 80.5 Å². The van der Waals surface area contributed by atoms with Gasteiger partial charge in [0.1, 0.15) is 5.54 Å². The summed E-state index contributed by atoms with van der Waals surface area (Å²) in [6.45, 7) is 10.4. The van der Waals surface area contributed by atoms with Gasteiger partial charge in [0.05, 0.1) is 0 Å². The molecule has 3 atom stereocenters. The average Bonchev–Trinajstić information content (AvgIpc) is 3.08. The van der Waals surface area contributed by atoms with Gasteiger partial charge in [0.15, 0.2) is 0 Å². The number of amides is 3. The van der Waals surface area contributed by atoms with Crippen molar-refractivity contribution in [2.75, 3.05) is 26.2 Å². The summed E-state index contributed by atoms with van der Waals surface area (Å²) in [4.78, 5) is 35.0. The molecule has 1 aromatic heterocycles. The van der Waals surface area contributed by atoms with Crippen LogP contribution < -0.4 is 5.32 Å². The van der Waals surface area contributed by atoms with E-state index in [1.165, 1.54) is 17.7 Å². The lowest BCUT2D eigenvalue weighted by atomic mass is 9.49. The third-order valence-electron chi connectivity index (χ3n) is 9.44. The summed E-state index contributed by atoms with van der Waals surface area (Å²) in [5.74, 6) is 1.80. The minimum atomic E-state index is -0.741. The van der Waals surface area contributed by atoms with Crippen molar-refractivity contribution in [2.24, 2.45) is 23.2 Å². The average molecular weight is 465 g/mol. The number of rotatable bonds is 8. The van der Waals surface area contributed by atoms with Crippen molar-refractivity contribution in [1.29, 1.82) is 0 Å². The van der Waals surface area contributed by atoms with Crippen molar-refractivity contribution in [3.8, 4) is 0 Å². The highest BCUT2D eigenvalue weighted by Gasteiger charge is 2.55. The lowest BCUT2D eigenvalue weighted by Gasteiger charge is -2.57. The lowest BCUT2D eigenvalue weighted by Crippen LogP contribution is -2.56. The maximum atomic E-state index is 13.7. The van der Waals surface area contributed by atoms with Gasteiger partial charge in [-0.15, -0.1) is 0 Å². The van der Waals surface area contributed by atoms with E-state index in [1.807, 2.05) is 18.2 Å². The van der Waals surface area contributed by atoms with Gasteiger partial charge in [-0.1, -0.05) is 44.9 Å². The molecule has 5 aliphatic rings. The van der Waals surface area contributed by atoms with Gasteiger partial charge in [0.25, 0.3) is 5.91 Å². The molecule has 0 spiro atoms. The Morgan fingerprint density at radius 2 is 1.94 bits per heavy atom. The van der Waals surface area contributed by atoms with E-state index in [2.05, 4.69) is 42.0 Å². The van der Waals surface area contributed by atoms with Crippen LogP contribution in [0.3, 0.4) is 0 Å². The first kappa shape index (κ1) is 23.5. The summed E-state index contributed by atoms with van der Waals surface area (Å²) in [6, 6.07) is 5.53. The van der Waals surface area contributed by atoms with Crippen LogP contribution in [0.25, 0.3) is 0 Å². The summed E-state index contributed by atoms with van der Waals surface area (Å²) >= 11 is 0. The zero-order valence-corrected chi connectivity index (χ0v) is 21.1.